The van der Waals surface area contributed by atoms with Crippen LogP contribution in [0.15, 0.2) is 52.1 Å². The smallest absolute Gasteiger partial charge is 0.272 e. The third-order valence-electron chi connectivity index (χ3n) is 3.72. The first-order valence-electron chi connectivity index (χ1n) is 7.30. The molecule has 1 amide bonds. The minimum atomic E-state index is -0.469. The van der Waals surface area contributed by atoms with E-state index in [9.17, 15) is 14.4 Å². The predicted molar refractivity (Wildman–Crippen MR) is 93.9 cm³/mol. The number of carbonyl (C=O) groups excluding carboxylic acids is 1. The van der Waals surface area contributed by atoms with Crippen LogP contribution in [0.25, 0.3) is 10.8 Å². The van der Waals surface area contributed by atoms with E-state index in [1.807, 2.05) is 31.1 Å². The third-order valence-corrected chi connectivity index (χ3v) is 3.72. The number of aromatic nitrogens is 2. The fourth-order valence-electron chi connectivity index (χ4n) is 2.44. The van der Waals surface area contributed by atoms with E-state index in [2.05, 4.69) is 15.5 Å². The molecule has 0 unspecified atom stereocenters. The molecule has 0 atom stereocenters. The minimum Gasteiger partial charge on any atom is -0.378 e. The highest BCUT2D eigenvalue weighted by Gasteiger charge is 2.12. The quantitative estimate of drug-likeness (QED) is 0.680. The molecule has 3 N–H and O–H groups in total. The Hall–Kier alpha value is -3.35. The van der Waals surface area contributed by atoms with Gasteiger partial charge in [0.25, 0.3) is 17.0 Å². The molecule has 0 bridgehead atoms. The van der Waals surface area contributed by atoms with Gasteiger partial charge in [0.1, 0.15) is 0 Å². The van der Waals surface area contributed by atoms with Crippen LogP contribution < -0.4 is 21.3 Å². The van der Waals surface area contributed by atoms with Crippen LogP contribution in [0.1, 0.15) is 10.4 Å². The number of hydrogen-bond acceptors (Lipinski definition) is 4. The van der Waals surface area contributed by atoms with Gasteiger partial charge in [0.05, 0.1) is 16.5 Å². The summed E-state index contributed by atoms with van der Waals surface area (Å²) in [6.45, 7) is 0. The van der Waals surface area contributed by atoms with Gasteiger partial charge in [0.2, 0.25) is 0 Å². The predicted octanol–water partition coefficient (Wildman–Crippen LogP) is 1.53. The first-order chi connectivity index (χ1) is 11.5. The zero-order chi connectivity index (χ0) is 17.3. The Bertz CT molecular complexity index is 1020. The van der Waals surface area contributed by atoms with Crippen molar-refractivity contribution in [1.29, 1.82) is 0 Å². The summed E-state index contributed by atoms with van der Waals surface area (Å²) in [5, 5.41) is 7.59. The van der Waals surface area contributed by atoms with Gasteiger partial charge in [-0.05, 0) is 36.4 Å². The number of anilines is 2. The van der Waals surface area contributed by atoms with Crippen molar-refractivity contribution >= 4 is 28.1 Å². The molecule has 122 valence electrons. The molecule has 24 heavy (non-hydrogen) atoms. The summed E-state index contributed by atoms with van der Waals surface area (Å²) in [5.74, 6) is -0.354. The maximum Gasteiger partial charge on any atom is 0.272 e. The number of H-pyrrole nitrogens is 2. The summed E-state index contributed by atoms with van der Waals surface area (Å²) in [6, 6.07) is 11.8. The van der Waals surface area contributed by atoms with E-state index in [1.165, 1.54) is 6.07 Å². The number of aromatic amines is 2. The largest absolute Gasteiger partial charge is 0.378 e. The summed E-state index contributed by atoms with van der Waals surface area (Å²) >= 11 is 0. The Labute approximate surface area is 136 Å². The molecule has 0 aliphatic rings. The summed E-state index contributed by atoms with van der Waals surface area (Å²) in [6.07, 6.45) is 0. The van der Waals surface area contributed by atoms with Gasteiger partial charge in [-0.3, -0.25) is 24.6 Å². The highest BCUT2D eigenvalue weighted by Crippen LogP contribution is 2.19. The SMILES string of the molecule is CN(C)c1ccc(C(=O)Nc2cccc3c(=O)[nH][nH]c(=O)c23)cc1. The van der Waals surface area contributed by atoms with Crippen LogP contribution >= 0.6 is 0 Å². The lowest BCUT2D eigenvalue weighted by Crippen LogP contribution is -2.21. The van der Waals surface area contributed by atoms with E-state index in [1.54, 1.807) is 24.3 Å². The summed E-state index contributed by atoms with van der Waals surface area (Å²) in [4.78, 5) is 38.1. The molecule has 0 spiro atoms. The average molecular weight is 324 g/mol. The van der Waals surface area contributed by atoms with Crippen LogP contribution in [0.4, 0.5) is 11.4 Å². The molecule has 1 aromatic heterocycles. The minimum absolute atomic E-state index is 0.152. The fraction of sp³-hybridized carbons (Fsp3) is 0.118. The second-order valence-corrected chi connectivity index (χ2v) is 5.53. The zero-order valence-electron chi connectivity index (χ0n) is 13.2. The van der Waals surface area contributed by atoms with Gasteiger partial charge in [0.15, 0.2) is 0 Å². The van der Waals surface area contributed by atoms with Gasteiger partial charge in [-0.25, -0.2) is 0 Å². The molecule has 0 saturated carbocycles. The molecular weight excluding hydrogens is 308 g/mol. The maximum atomic E-state index is 12.4. The van der Waals surface area contributed by atoms with Gasteiger partial charge in [-0.2, -0.15) is 0 Å². The Morgan fingerprint density at radius 3 is 2.29 bits per heavy atom. The van der Waals surface area contributed by atoms with Crippen LogP contribution in [0, 0.1) is 0 Å². The van der Waals surface area contributed by atoms with E-state index >= 15 is 0 Å². The van der Waals surface area contributed by atoms with Crippen LogP contribution in [0.3, 0.4) is 0 Å². The Morgan fingerprint density at radius 1 is 0.958 bits per heavy atom. The molecule has 3 rings (SSSR count). The van der Waals surface area contributed by atoms with Gasteiger partial charge >= 0.3 is 0 Å². The first kappa shape index (κ1) is 15.5. The second kappa shape index (κ2) is 6.04. The number of nitrogens with one attached hydrogen (secondary N) is 3. The molecule has 3 aromatic rings. The van der Waals surface area contributed by atoms with Crippen molar-refractivity contribution in [3.8, 4) is 0 Å². The normalized spacial score (nSPS) is 10.6. The van der Waals surface area contributed by atoms with Crippen molar-refractivity contribution < 1.29 is 4.79 Å². The van der Waals surface area contributed by atoms with Crippen molar-refractivity contribution in [2.24, 2.45) is 0 Å². The van der Waals surface area contributed by atoms with Crippen LogP contribution in [0.2, 0.25) is 0 Å². The molecule has 7 nitrogen and oxygen atoms in total. The number of benzene rings is 2. The summed E-state index contributed by atoms with van der Waals surface area (Å²) in [7, 11) is 3.82. The highest BCUT2D eigenvalue weighted by atomic mass is 16.2. The lowest BCUT2D eigenvalue weighted by atomic mass is 10.1. The van der Waals surface area contributed by atoms with Crippen molar-refractivity contribution in [1.82, 2.24) is 10.2 Å². The Kier molecular flexibility index (Phi) is 3.91. The molecule has 0 fully saturated rings. The number of carbonyl (C=O) groups is 1. The fourth-order valence-corrected chi connectivity index (χ4v) is 2.44. The summed E-state index contributed by atoms with van der Waals surface area (Å²) in [5.41, 5.74) is 0.833. The molecule has 1 heterocycles. The molecule has 7 heteroatoms. The summed E-state index contributed by atoms with van der Waals surface area (Å²) < 4.78 is 0. The monoisotopic (exact) mass is 324 g/mol. The van der Waals surface area contributed by atoms with E-state index in [0.29, 0.717) is 11.3 Å². The first-order valence-corrected chi connectivity index (χ1v) is 7.30. The highest BCUT2D eigenvalue weighted by molar-refractivity contribution is 6.08. The molecule has 0 aliphatic carbocycles. The molecule has 0 radical (unpaired) electrons. The number of fused-ring (bicyclic) bond motifs is 1. The molecule has 2 aromatic carbocycles. The lowest BCUT2D eigenvalue weighted by molar-refractivity contribution is 0.102. The number of hydrogen-bond donors (Lipinski definition) is 3. The van der Waals surface area contributed by atoms with Crippen molar-refractivity contribution in [2.45, 2.75) is 0 Å². The van der Waals surface area contributed by atoms with Crippen molar-refractivity contribution in [2.75, 3.05) is 24.3 Å². The standard InChI is InChI=1S/C17H16N4O3/c1-21(2)11-8-6-10(7-9-11)15(22)18-13-5-3-4-12-14(13)17(24)20-19-16(12)23/h3-9H,1-2H3,(H,18,22)(H,19,23)(H,20,24). The van der Waals surface area contributed by atoms with Crippen LogP contribution in [0.5, 0.6) is 0 Å². The third kappa shape index (κ3) is 2.79. The van der Waals surface area contributed by atoms with E-state index in [0.717, 1.165) is 5.69 Å². The van der Waals surface area contributed by atoms with Gasteiger partial charge in [0, 0.05) is 25.3 Å². The zero-order valence-corrected chi connectivity index (χ0v) is 13.2. The van der Waals surface area contributed by atoms with E-state index < -0.39 is 11.1 Å². The van der Waals surface area contributed by atoms with E-state index in [-0.39, 0.29) is 16.7 Å². The maximum absolute atomic E-state index is 12.4. The Balaban J connectivity index is 1.98. The van der Waals surface area contributed by atoms with Gasteiger partial charge < -0.3 is 10.2 Å². The van der Waals surface area contributed by atoms with Crippen molar-refractivity contribution in [3.05, 3.63) is 68.7 Å². The molecule has 0 saturated heterocycles. The number of rotatable bonds is 3. The van der Waals surface area contributed by atoms with Crippen LogP contribution in [-0.4, -0.2) is 30.2 Å². The second-order valence-electron chi connectivity index (χ2n) is 5.53. The Morgan fingerprint density at radius 2 is 1.62 bits per heavy atom. The molecule has 0 aliphatic heterocycles. The topological polar surface area (TPSA) is 98.1 Å². The van der Waals surface area contributed by atoms with E-state index in [4.69, 9.17) is 0 Å². The van der Waals surface area contributed by atoms with Gasteiger partial charge in [-0.15, -0.1) is 0 Å². The number of nitrogens with zero attached hydrogens (tertiary/aromatic N) is 1. The lowest BCUT2D eigenvalue weighted by Gasteiger charge is -2.13. The average Bonchev–Trinajstić information content (AvgIpc) is 2.58. The van der Waals surface area contributed by atoms with Gasteiger partial charge in [-0.1, -0.05) is 6.07 Å². The van der Waals surface area contributed by atoms with Crippen molar-refractivity contribution in [3.63, 3.8) is 0 Å². The number of amides is 1. The van der Waals surface area contributed by atoms with Crippen LogP contribution in [-0.2, 0) is 0 Å². The molecular formula is C17H16N4O3.